The molecule has 11 heteroatoms. The van der Waals surface area contributed by atoms with Crippen LogP contribution < -0.4 is 11.2 Å². The van der Waals surface area contributed by atoms with Gasteiger partial charge in [0.15, 0.2) is 11.2 Å². The lowest BCUT2D eigenvalue weighted by atomic mass is 9.89. The highest BCUT2D eigenvalue weighted by Crippen LogP contribution is 2.42. The molecule has 1 N–H and O–H groups in total. The molecule has 3 aromatic heterocycles. The standard InChI is InChI=1S/C20H24N2.C17H21NO.C7H7ClN4O2/c1-15(19-10-6-7-12-21-19)20-17(11-13-22(2)3)14-16-8-4-5-9-18(16)20;1-18(2)13-14-19-17(15-9-5-3-6-10-15)16-11-7-4-8-12-16;1-11-4-3(9-6(8)10-4)5(13)12(2)7(11)14/h4-10,12,15H,11,13-14H2,1-3H3;3-12,17H,13-14H2,1-2H3;1-2H3,(H,9,10). The molecule has 1 unspecified atom stereocenters. The van der Waals surface area contributed by atoms with E-state index in [1.165, 1.54) is 46.5 Å². The largest absolute Gasteiger partial charge is 0.367 e. The monoisotopic (exact) mass is 761 g/mol. The van der Waals surface area contributed by atoms with Crippen LogP contribution in [0.5, 0.6) is 0 Å². The predicted molar refractivity (Wildman–Crippen MR) is 224 cm³/mol. The highest BCUT2D eigenvalue weighted by atomic mass is 35.5. The Balaban J connectivity index is 0.000000162. The molecule has 6 aromatic rings. The fourth-order valence-corrected chi connectivity index (χ4v) is 6.82. The molecule has 10 nitrogen and oxygen atoms in total. The molecular formula is C44H52ClN7O3. The first-order chi connectivity index (χ1) is 26.5. The molecule has 1 aliphatic rings. The number of aromatic amines is 1. The second-order valence-electron chi connectivity index (χ2n) is 14.2. The number of aryl methyl sites for hydroxylation is 1. The third-order valence-corrected chi connectivity index (χ3v) is 9.79. The molecule has 0 spiro atoms. The third-order valence-electron chi connectivity index (χ3n) is 9.61. The van der Waals surface area contributed by atoms with Crippen molar-refractivity contribution in [2.75, 3.05) is 47.9 Å². The Morgan fingerprint density at radius 1 is 0.800 bits per heavy atom. The lowest BCUT2D eigenvalue weighted by Crippen LogP contribution is -2.36. The van der Waals surface area contributed by atoms with E-state index >= 15 is 0 Å². The summed E-state index contributed by atoms with van der Waals surface area (Å²) in [5, 5.41) is 0.0956. The maximum absolute atomic E-state index is 11.5. The van der Waals surface area contributed by atoms with Crippen LogP contribution in [0.3, 0.4) is 0 Å². The number of nitrogens with one attached hydrogen (secondary N) is 1. The van der Waals surface area contributed by atoms with Gasteiger partial charge in [-0.15, -0.1) is 0 Å². The van der Waals surface area contributed by atoms with Crippen molar-refractivity contribution in [3.63, 3.8) is 0 Å². The molecule has 0 saturated carbocycles. The second kappa shape index (κ2) is 19.5. The highest BCUT2D eigenvalue weighted by molar-refractivity contribution is 6.29. The van der Waals surface area contributed by atoms with Gasteiger partial charge >= 0.3 is 5.69 Å². The lowest BCUT2D eigenvalue weighted by Gasteiger charge is -2.20. The Bertz CT molecular complexity index is 2240. The number of hydrogen-bond donors (Lipinski definition) is 1. The van der Waals surface area contributed by atoms with Crippen molar-refractivity contribution < 1.29 is 4.74 Å². The number of hydrogen-bond acceptors (Lipinski definition) is 7. The first-order valence-corrected chi connectivity index (χ1v) is 18.9. The Morgan fingerprint density at radius 2 is 1.40 bits per heavy atom. The summed E-state index contributed by atoms with van der Waals surface area (Å²) in [5.41, 5.74) is 9.18. The van der Waals surface area contributed by atoms with Crippen molar-refractivity contribution in [1.29, 1.82) is 0 Å². The number of aromatic nitrogens is 5. The number of benzene rings is 3. The van der Waals surface area contributed by atoms with Crippen LogP contribution in [0.15, 0.2) is 124 Å². The number of allylic oxidation sites excluding steroid dienone is 1. The second-order valence-corrected chi connectivity index (χ2v) is 14.5. The molecule has 0 amide bonds. The van der Waals surface area contributed by atoms with Crippen LogP contribution >= 0.6 is 11.6 Å². The highest BCUT2D eigenvalue weighted by Gasteiger charge is 2.26. The SMILES string of the molecule is CC(C1=C(CCN(C)C)Cc2ccccc21)c1ccccn1.CN(C)CCOC(c1ccccc1)c1ccccc1.Cn1c(=O)c2[nH]c(Cl)nc2n(C)c1=O. The number of nitrogens with zero attached hydrogens (tertiary/aromatic N) is 6. The lowest BCUT2D eigenvalue weighted by molar-refractivity contribution is 0.0687. The van der Waals surface area contributed by atoms with Crippen molar-refractivity contribution in [1.82, 2.24) is 33.9 Å². The van der Waals surface area contributed by atoms with Crippen molar-refractivity contribution >= 4 is 28.3 Å². The minimum atomic E-state index is -0.428. The average Bonchev–Trinajstić information content (AvgIpc) is 3.79. The number of H-pyrrole nitrogens is 1. The molecule has 55 heavy (non-hydrogen) atoms. The maximum Gasteiger partial charge on any atom is 0.332 e. The van der Waals surface area contributed by atoms with E-state index in [0.717, 1.165) is 42.8 Å². The Labute approximate surface area is 328 Å². The molecule has 3 aromatic carbocycles. The van der Waals surface area contributed by atoms with E-state index in [1.807, 2.05) is 24.4 Å². The zero-order valence-electron chi connectivity index (χ0n) is 32.9. The van der Waals surface area contributed by atoms with E-state index in [9.17, 15) is 9.59 Å². The molecule has 3 heterocycles. The number of ether oxygens (including phenoxy) is 1. The van der Waals surface area contributed by atoms with E-state index < -0.39 is 11.2 Å². The Kier molecular flexibility index (Phi) is 14.5. The van der Waals surface area contributed by atoms with Crippen LogP contribution in [0.1, 0.15) is 53.3 Å². The molecule has 0 aliphatic heterocycles. The van der Waals surface area contributed by atoms with E-state index in [0.29, 0.717) is 5.92 Å². The molecule has 0 radical (unpaired) electrons. The van der Waals surface area contributed by atoms with E-state index in [2.05, 4.69) is 145 Å². The van der Waals surface area contributed by atoms with E-state index in [-0.39, 0.29) is 22.6 Å². The smallest absolute Gasteiger partial charge is 0.332 e. The van der Waals surface area contributed by atoms with Gasteiger partial charge in [-0.3, -0.25) is 18.9 Å². The summed E-state index contributed by atoms with van der Waals surface area (Å²) in [6.45, 7) is 5.04. The summed E-state index contributed by atoms with van der Waals surface area (Å²) < 4.78 is 8.34. The molecule has 1 atom stereocenters. The molecule has 0 bridgehead atoms. The summed E-state index contributed by atoms with van der Waals surface area (Å²) in [6.07, 6.45) is 4.14. The summed E-state index contributed by atoms with van der Waals surface area (Å²) in [6, 6.07) is 35.8. The Morgan fingerprint density at radius 3 is 2.00 bits per heavy atom. The fourth-order valence-electron chi connectivity index (χ4n) is 6.65. The number of likely N-dealkylation sites (N-methyl/N-ethyl adjacent to an activating group) is 1. The third kappa shape index (κ3) is 10.6. The van der Waals surface area contributed by atoms with Gasteiger partial charge in [0.25, 0.3) is 5.56 Å². The molecule has 0 saturated heterocycles. The molecule has 288 valence electrons. The first kappa shape index (κ1) is 41.0. The zero-order chi connectivity index (χ0) is 39.5. The van der Waals surface area contributed by atoms with Crippen LogP contribution in [0.2, 0.25) is 5.28 Å². The van der Waals surface area contributed by atoms with Gasteiger partial charge in [-0.25, -0.2) is 4.79 Å². The molecular weight excluding hydrogens is 710 g/mol. The zero-order valence-corrected chi connectivity index (χ0v) is 33.6. The normalized spacial score (nSPS) is 12.8. The van der Waals surface area contributed by atoms with Crippen LogP contribution in [0.4, 0.5) is 0 Å². The van der Waals surface area contributed by atoms with Crippen molar-refractivity contribution in [3.05, 3.63) is 169 Å². The van der Waals surface area contributed by atoms with Crippen molar-refractivity contribution in [3.8, 4) is 0 Å². The van der Waals surface area contributed by atoms with Gasteiger partial charge in [0, 0.05) is 45.0 Å². The van der Waals surface area contributed by atoms with Crippen LogP contribution in [0, 0.1) is 0 Å². The van der Waals surface area contributed by atoms with E-state index in [1.54, 1.807) is 5.57 Å². The van der Waals surface area contributed by atoms with Gasteiger partial charge < -0.3 is 19.5 Å². The summed E-state index contributed by atoms with van der Waals surface area (Å²) in [5.74, 6) is 0.349. The number of imidazole rings is 1. The van der Waals surface area contributed by atoms with Gasteiger partial charge in [0.2, 0.25) is 5.28 Å². The molecule has 0 fully saturated rings. The maximum atomic E-state index is 11.5. The van der Waals surface area contributed by atoms with E-state index in [4.69, 9.17) is 16.3 Å². The van der Waals surface area contributed by atoms with Gasteiger partial charge in [-0.2, -0.15) is 4.98 Å². The predicted octanol–water partition coefficient (Wildman–Crippen LogP) is 7.11. The van der Waals surface area contributed by atoms with Gasteiger partial charge in [0.05, 0.1) is 6.61 Å². The quantitative estimate of drug-likeness (QED) is 0.141. The van der Waals surface area contributed by atoms with Gasteiger partial charge in [-0.1, -0.05) is 103 Å². The minimum Gasteiger partial charge on any atom is -0.367 e. The van der Waals surface area contributed by atoms with Gasteiger partial charge in [0.1, 0.15) is 6.10 Å². The van der Waals surface area contributed by atoms with Crippen molar-refractivity contribution in [2.45, 2.75) is 31.8 Å². The first-order valence-electron chi connectivity index (χ1n) is 18.5. The Hall–Kier alpha value is -5.13. The van der Waals surface area contributed by atoms with Crippen molar-refractivity contribution in [2.24, 2.45) is 14.1 Å². The summed E-state index contributed by atoms with van der Waals surface area (Å²) in [7, 11) is 11.3. The number of rotatable bonds is 11. The topological polar surface area (TPSA) is 101 Å². The number of pyridine rings is 1. The average molecular weight is 762 g/mol. The minimum absolute atomic E-state index is 0.0161. The van der Waals surface area contributed by atoms with Gasteiger partial charge in [-0.05, 0) is 92.6 Å². The summed E-state index contributed by atoms with van der Waals surface area (Å²) in [4.78, 5) is 38.4. The number of fused-ring (bicyclic) bond motifs is 2. The molecule has 1 aliphatic carbocycles. The van der Waals surface area contributed by atoms with Crippen LogP contribution in [-0.4, -0.2) is 81.8 Å². The van der Waals surface area contributed by atoms with Crippen LogP contribution in [-0.2, 0) is 25.3 Å². The van der Waals surface area contributed by atoms with Crippen LogP contribution in [0.25, 0.3) is 16.7 Å². The number of halogens is 1. The molecule has 7 rings (SSSR count). The summed E-state index contributed by atoms with van der Waals surface area (Å²) >= 11 is 5.60. The fraction of sp³-hybridized carbons (Fsp3) is 0.318.